The van der Waals surface area contributed by atoms with Gasteiger partial charge in [0.1, 0.15) is 11.4 Å². The number of anilines is 1. The molecule has 9 nitrogen and oxygen atoms in total. The largest absolute Gasteiger partial charge is 0.491 e. The number of hydrogen-bond acceptors (Lipinski definition) is 7. The van der Waals surface area contributed by atoms with E-state index in [0.29, 0.717) is 42.7 Å². The number of carbonyl (C=O) groups is 2. The number of H-pyrrole nitrogens is 1. The molecule has 1 amide bonds. The summed E-state index contributed by atoms with van der Waals surface area (Å²) in [7, 11) is 1.69. The first kappa shape index (κ1) is 21.6. The Morgan fingerprint density at radius 2 is 2.07 bits per heavy atom. The predicted molar refractivity (Wildman–Crippen MR) is 109 cm³/mol. The second-order valence-corrected chi connectivity index (χ2v) is 8.34. The number of unbranched alkanes of at least 4 members (excludes halogenated alkanes) is 1. The summed E-state index contributed by atoms with van der Waals surface area (Å²) in [5.74, 6) is -0.533. The van der Waals surface area contributed by atoms with Crippen molar-refractivity contribution in [3.8, 4) is 17.2 Å². The maximum absolute atomic E-state index is 12.9. The summed E-state index contributed by atoms with van der Waals surface area (Å²) < 4.78 is 16.2. The summed E-state index contributed by atoms with van der Waals surface area (Å²) >= 11 is 0. The molecule has 1 N–H and O–H groups in total. The molecule has 1 aromatic carbocycles. The van der Waals surface area contributed by atoms with Crippen molar-refractivity contribution < 1.29 is 23.5 Å². The molecule has 0 saturated carbocycles. The van der Waals surface area contributed by atoms with E-state index in [1.165, 1.54) is 0 Å². The Bertz CT molecular complexity index is 972. The second kappa shape index (κ2) is 8.73. The van der Waals surface area contributed by atoms with Crippen LogP contribution in [-0.4, -0.2) is 41.3 Å². The highest BCUT2D eigenvalue weighted by molar-refractivity contribution is 5.97. The second-order valence-electron chi connectivity index (χ2n) is 8.34. The molecule has 0 bridgehead atoms. The molecule has 2 heterocycles. The van der Waals surface area contributed by atoms with Crippen LogP contribution in [0.3, 0.4) is 0 Å². The van der Waals surface area contributed by atoms with Crippen molar-refractivity contribution in [2.45, 2.75) is 52.1 Å². The van der Waals surface area contributed by atoms with Crippen molar-refractivity contribution in [2.24, 2.45) is 5.92 Å². The third kappa shape index (κ3) is 5.28. The van der Waals surface area contributed by atoms with E-state index < -0.39 is 11.4 Å². The van der Waals surface area contributed by atoms with Crippen LogP contribution < -0.4 is 15.4 Å². The first-order valence-electron chi connectivity index (χ1n) is 9.96. The van der Waals surface area contributed by atoms with Gasteiger partial charge in [-0.05, 0) is 51.8 Å². The van der Waals surface area contributed by atoms with Crippen LogP contribution in [0.4, 0.5) is 5.69 Å². The third-order valence-corrected chi connectivity index (χ3v) is 4.73. The van der Waals surface area contributed by atoms with Crippen molar-refractivity contribution in [3.05, 3.63) is 28.7 Å². The summed E-state index contributed by atoms with van der Waals surface area (Å²) in [6.45, 7) is 5.78. The lowest BCUT2D eigenvalue weighted by Crippen LogP contribution is -2.33. The molecule has 0 radical (unpaired) electrons. The molecule has 0 saturated heterocycles. The molecule has 1 aliphatic heterocycles. The Hall–Kier alpha value is -3.10. The number of benzene rings is 1. The van der Waals surface area contributed by atoms with Gasteiger partial charge in [-0.1, -0.05) is 6.42 Å². The fourth-order valence-electron chi connectivity index (χ4n) is 3.30. The minimum Gasteiger partial charge on any atom is -0.491 e. The SMILES string of the molecule is CN1C(=O)[C@@H](CCCCC(=O)OC(C)(C)C)COc2ccc(-c3n[nH]c(=O)o3)cc21. The molecule has 30 heavy (non-hydrogen) atoms. The zero-order valence-electron chi connectivity index (χ0n) is 17.7. The third-order valence-electron chi connectivity index (χ3n) is 4.73. The summed E-state index contributed by atoms with van der Waals surface area (Å²) in [5, 5.41) is 6.04. The quantitative estimate of drug-likeness (QED) is 0.568. The number of aromatic amines is 1. The number of esters is 1. The van der Waals surface area contributed by atoms with Gasteiger partial charge in [-0.3, -0.25) is 9.59 Å². The first-order valence-corrected chi connectivity index (χ1v) is 9.96. The molecule has 0 fully saturated rings. The van der Waals surface area contributed by atoms with Crippen molar-refractivity contribution in [1.29, 1.82) is 0 Å². The smallest absolute Gasteiger partial charge is 0.434 e. The number of rotatable bonds is 6. The van der Waals surface area contributed by atoms with Gasteiger partial charge in [0.25, 0.3) is 0 Å². The Kier molecular flexibility index (Phi) is 6.28. The highest BCUT2D eigenvalue weighted by atomic mass is 16.6. The first-order chi connectivity index (χ1) is 14.1. The van der Waals surface area contributed by atoms with Crippen molar-refractivity contribution in [2.75, 3.05) is 18.6 Å². The van der Waals surface area contributed by atoms with Crippen LogP contribution in [-0.2, 0) is 14.3 Å². The van der Waals surface area contributed by atoms with Crippen molar-refractivity contribution in [1.82, 2.24) is 10.2 Å². The molecule has 1 aliphatic rings. The van der Waals surface area contributed by atoms with E-state index in [4.69, 9.17) is 13.9 Å². The standard InChI is InChI=1S/C21H27N3O6/c1-21(2,3)30-17(25)8-6-5-7-14-12-28-16-10-9-13(18-22-23-20(27)29-18)11-15(16)24(4)19(14)26/h9-11,14H,5-8,12H2,1-4H3,(H,23,27)/t14-/m0/s1. The number of nitrogens with zero attached hydrogens (tertiary/aromatic N) is 2. The highest BCUT2D eigenvalue weighted by Gasteiger charge is 2.29. The molecule has 1 aromatic heterocycles. The Balaban J connectivity index is 1.61. The molecule has 0 aliphatic carbocycles. The average molecular weight is 417 g/mol. The average Bonchev–Trinajstić information content (AvgIpc) is 3.06. The normalized spacial score (nSPS) is 16.6. The molecule has 2 aromatic rings. The Morgan fingerprint density at radius 3 is 2.73 bits per heavy atom. The van der Waals surface area contributed by atoms with E-state index in [-0.39, 0.29) is 30.3 Å². The van der Waals surface area contributed by atoms with Gasteiger partial charge in [0, 0.05) is 19.0 Å². The molecule has 9 heteroatoms. The monoisotopic (exact) mass is 417 g/mol. The van der Waals surface area contributed by atoms with Crippen LogP contribution >= 0.6 is 0 Å². The van der Waals surface area contributed by atoms with Gasteiger partial charge in [0.15, 0.2) is 0 Å². The van der Waals surface area contributed by atoms with E-state index in [1.807, 2.05) is 20.8 Å². The molecule has 3 rings (SSSR count). The maximum Gasteiger partial charge on any atom is 0.434 e. The predicted octanol–water partition coefficient (Wildman–Crippen LogP) is 2.90. The highest BCUT2D eigenvalue weighted by Crippen LogP contribution is 2.36. The fraction of sp³-hybridized carbons (Fsp3) is 0.524. The van der Waals surface area contributed by atoms with E-state index in [0.717, 1.165) is 0 Å². The lowest BCUT2D eigenvalue weighted by molar-refractivity contribution is -0.154. The lowest BCUT2D eigenvalue weighted by Gasteiger charge is -2.20. The van der Waals surface area contributed by atoms with Gasteiger partial charge in [-0.2, -0.15) is 0 Å². The van der Waals surface area contributed by atoms with Crippen LogP contribution in [0.2, 0.25) is 0 Å². The topological polar surface area (TPSA) is 115 Å². The number of aromatic nitrogens is 2. The maximum atomic E-state index is 12.9. The number of hydrogen-bond donors (Lipinski definition) is 1. The lowest BCUT2D eigenvalue weighted by atomic mass is 10.0. The van der Waals surface area contributed by atoms with Gasteiger partial charge in [0.05, 0.1) is 18.2 Å². The van der Waals surface area contributed by atoms with Crippen molar-refractivity contribution >= 4 is 17.6 Å². The summed E-state index contributed by atoms with van der Waals surface area (Å²) in [4.78, 5) is 37.5. The van der Waals surface area contributed by atoms with Crippen LogP contribution in [0.15, 0.2) is 27.4 Å². The van der Waals surface area contributed by atoms with Crippen LogP contribution in [0.25, 0.3) is 11.5 Å². The summed E-state index contributed by atoms with van der Waals surface area (Å²) in [6.07, 6.45) is 2.30. The number of ether oxygens (including phenoxy) is 2. The molecule has 1 atom stereocenters. The minimum atomic E-state index is -0.646. The van der Waals surface area contributed by atoms with E-state index >= 15 is 0 Å². The minimum absolute atomic E-state index is 0.0633. The van der Waals surface area contributed by atoms with E-state index in [9.17, 15) is 14.4 Å². The van der Waals surface area contributed by atoms with Crippen LogP contribution in [0.1, 0.15) is 46.5 Å². The Labute approximate surface area is 174 Å². The Morgan fingerprint density at radius 1 is 1.30 bits per heavy atom. The zero-order chi connectivity index (χ0) is 21.9. The van der Waals surface area contributed by atoms with Gasteiger partial charge in [-0.25, -0.2) is 9.89 Å². The van der Waals surface area contributed by atoms with Gasteiger partial charge in [-0.15, -0.1) is 5.10 Å². The summed E-state index contributed by atoms with van der Waals surface area (Å²) in [6, 6.07) is 5.16. The van der Waals surface area contributed by atoms with E-state index in [1.54, 1.807) is 30.1 Å². The van der Waals surface area contributed by atoms with Gasteiger partial charge in [0.2, 0.25) is 11.8 Å². The molecule has 0 spiro atoms. The summed E-state index contributed by atoms with van der Waals surface area (Å²) in [5.41, 5.74) is 0.652. The number of nitrogens with one attached hydrogen (secondary N) is 1. The van der Waals surface area contributed by atoms with Crippen LogP contribution in [0, 0.1) is 5.92 Å². The molecule has 0 unspecified atom stereocenters. The van der Waals surface area contributed by atoms with Gasteiger partial charge >= 0.3 is 11.7 Å². The van der Waals surface area contributed by atoms with Crippen LogP contribution in [0.5, 0.6) is 5.75 Å². The van der Waals surface area contributed by atoms with Gasteiger partial charge < -0.3 is 18.8 Å². The number of carbonyl (C=O) groups excluding carboxylic acids is 2. The van der Waals surface area contributed by atoms with Crippen molar-refractivity contribution in [3.63, 3.8) is 0 Å². The molecule has 162 valence electrons. The fourth-order valence-corrected chi connectivity index (χ4v) is 3.30. The van der Waals surface area contributed by atoms with E-state index in [2.05, 4.69) is 10.2 Å². The number of amides is 1. The molecular formula is C21H27N3O6. The zero-order valence-corrected chi connectivity index (χ0v) is 17.7. The molecular weight excluding hydrogens is 390 g/mol. The number of fused-ring (bicyclic) bond motifs is 1.